The van der Waals surface area contributed by atoms with E-state index in [1.807, 2.05) is 19.9 Å². The van der Waals surface area contributed by atoms with E-state index in [1.54, 1.807) is 18.2 Å². The molecule has 0 amide bonds. The number of hydrogen-bond donors (Lipinski definition) is 3. The lowest BCUT2D eigenvalue weighted by Gasteiger charge is -2.21. The number of allylic oxidation sites excluding steroid dienone is 2. The number of nitrogens with two attached hydrogens (primary N) is 1. The number of aryl methyl sites for hydroxylation is 2. The van der Waals surface area contributed by atoms with Gasteiger partial charge in [-0.2, -0.15) is 0 Å². The average molecular weight is 497 g/mol. The molecular formula is C27H30Cl2N4O. The lowest BCUT2D eigenvalue weighted by molar-refractivity contribution is 0.227. The van der Waals surface area contributed by atoms with Crippen LogP contribution in [0.5, 0.6) is 5.75 Å². The SMILES string of the molecule is CC/C(C)=C(/Nc1ccc(C)cc1C)C(=N)c1cc(OC(C)c2c(Cl)cncc2Cl)ccc1N. The number of aromatic nitrogens is 1. The minimum absolute atomic E-state index is 0.301. The Morgan fingerprint density at radius 3 is 2.41 bits per heavy atom. The van der Waals surface area contributed by atoms with Crippen LogP contribution in [0.3, 0.4) is 0 Å². The van der Waals surface area contributed by atoms with Gasteiger partial charge < -0.3 is 15.8 Å². The summed E-state index contributed by atoms with van der Waals surface area (Å²) in [5.74, 6) is 0.561. The van der Waals surface area contributed by atoms with Crippen molar-refractivity contribution in [2.24, 2.45) is 0 Å². The molecule has 1 unspecified atom stereocenters. The van der Waals surface area contributed by atoms with Crippen LogP contribution in [-0.4, -0.2) is 10.7 Å². The van der Waals surface area contributed by atoms with Gasteiger partial charge in [0.1, 0.15) is 11.9 Å². The van der Waals surface area contributed by atoms with Crippen LogP contribution in [0.4, 0.5) is 11.4 Å². The molecule has 4 N–H and O–H groups in total. The Bertz CT molecular complexity index is 1230. The predicted octanol–water partition coefficient (Wildman–Crippen LogP) is 7.89. The van der Waals surface area contributed by atoms with Crippen LogP contribution in [0.1, 0.15) is 55.5 Å². The molecule has 3 rings (SSSR count). The zero-order chi connectivity index (χ0) is 25.0. The van der Waals surface area contributed by atoms with E-state index in [0.29, 0.717) is 38.3 Å². The van der Waals surface area contributed by atoms with E-state index in [4.69, 9.17) is 39.1 Å². The number of pyridine rings is 1. The highest BCUT2D eigenvalue weighted by molar-refractivity contribution is 6.35. The van der Waals surface area contributed by atoms with Gasteiger partial charge in [-0.3, -0.25) is 10.4 Å². The molecule has 0 saturated carbocycles. The summed E-state index contributed by atoms with van der Waals surface area (Å²) in [4.78, 5) is 4.00. The van der Waals surface area contributed by atoms with Crippen LogP contribution in [0.2, 0.25) is 10.0 Å². The van der Waals surface area contributed by atoms with Gasteiger partial charge in [0.25, 0.3) is 0 Å². The van der Waals surface area contributed by atoms with Gasteiger partial charge in [0.05, 0.1) is 21.5 Å². The predicted molar refractivity (Wildman–Crippen MR) is 144 cm³/mol. The number of nitrogen functional groups attached to an aromatic ring is 1. The molecule has 34 heavy (non-hydrogen) atoms. The molecule has 7 heteroatoms. The van der Waals surface area contributed by atoms with E-state index in [-0.39, 0.29) is 0 Å². The summed E-state index contributed by atoms with van der Waals surface area (Å²) in [5.41, 5.74) is 13.4. The van der Waals surface area contributed by atoms with Gasteiger partial charge in [0.2, 0.25) is 0 Å². The monoisotopic (exact) mass is 496 g/mol. The van der Waals surface area contributed by atoms with Gasteiger partial charge >= 0.3 is 0 Å². The number of nitrogens with one attached hydrogen (secondary N) is 2. The normalized spacial score (nSPS) is 12.7. The lowest BCUT2D eigenvalue weighted by Crippen LogP contribution is -2.16. The summed E-state index contributed by atoms with van der Waals surface area (Å²) in [6.07, 6.45) is 3.45. The molecule has 1 heterocycles. The molecule has 178 valence electrons. The number of ether oxygens (including phenoxy) is 1. The lowest BCUT2D eigenvalue weighted by atomic mass is 10.00. The van der Waals surface area contributed by atoms with Gasteiger partial charge in [-0.15, -0.1) is 0 Å². The quantitative estimate of drug-likeness (QED) is 0.218. The number of nitrogens with zero attached hydrogens (tertiary/aromatic N) is 1. The average Bonchev–Trinajstić information content (AvgIpc) is 2.79. The van der Waals surface area contributed by atoms with Crippen molar-refractivity contribution in [1.29, 1.82) is 5.41 Å². The van der Waals surface area contributed by atoms with Crippen LogP contribution < -0.4 is 15.8 Å². The van der Waals surface area contributed by atoms with E-state index in [9.17, 15) is 0 Å². The highest BCUT2D eigenvalue weighted by Gasteiger charge is 2.19. The summed E-state index contributed by atoms with van der Waals surface area (Å²) < 4.78 is 6.14. The third kappa shape index (κ3) is 5.72. The van der Waals surface area contributed by atoms with Gasteiger partial charge in [-0.25, -0.2) is 0 Å². The summed E-state index contributed by atoms with van der Waals surface area (Å²) >= 11 is 12.6. The van der Waals surface area contributed by atoms with Crippen molar-refractivity contribution in [3.8, 4) is 5.75 Å². The highest BCUT2D eigenvalue weighted by Crippen LogP contribution is 2.34. The van der Waals surface area contributed by atoms with Crippen molar-refractivity contribution in [3.05, 3.63) is 92.4 Å². The van der Waals surface area contributed by atoms with E-state index in [0.717, 1.165) is 28.9 Å². The van der Waals surface area contributed by atoms with Gasteiger partial charge in [-0.1, -0.05) is 47.8 Å². The minimum Gasteiger partial charge on any atom is -0.486 e. The number of rotatable bonds is 8. The van der Waals surface area contributed by atoms with Crippen LogP contribution in [0.15, 0.2) is 60.1 Å². The summed E-state index contributed by atoms with van der Waals surface area (Å²) in [5, 5.41) is 13.4. The zero-order valence-corrected chi connectivity index (χ0v) is 21.6. The maximum absolute atomic E-state index is 9.03. The maximum atomic E-state index is 9.03. The van der Waals surface area contributed by atoms with Crippen molar-refractivity contribution in [2.75, 3.05) is 11.1 Å². The first-order valence-corrected chi connectivity index (χ1v) is 11.9. The second-order valence-electron chi connectivity index (χ2n) is 8.35. The maximum Gasteiger partial charge on any atom is 0.124 e. The van der Waals surface area contributed by atoms with Crippen molar-refractivity contribution in [2.45, 2.75) is 47.1 Å². The Morgan fingerprint density at radius 2 is 1.79 bits per heavy atom. The summed E-state index contributed by atoms with van der Waals surface area (Å²) in [7, 11) is 0. The molecule has 0 aliphatic carbocycles. The van der Waals surface area contributed by atoms with E-state index in [2.05, 4.69) is 43.2 Å². The van der Waals surface area contributed by atoms with Crippen molar-refractivity contribution >= 4 is 40.3 Å². The standard InChI is InChI=1S/C27H30Cl2N4O/c1-6-16(3)27(33-24-10-7-15(2)11-17(24)4)26(31)20-12-19(8-9-23(20)30)34-18(5)25-21(28)13-32-14-22(25)29/h7-14,18,31,33H,6,30H2,1-5H3/b27-16+,31-26?. The molecule has 0 bridgehead atoms. The second kappa shape index (κ2) is 10.9. The first-order valence-electron chi connectivity index (χ1n) is 11.1. The van der Waals surface area contributed by atoms with Crippen LogP contribution in [0.25, 0.3) is 0 Å². The van der Waals surface area contributed by atoms with E-state index in [1.165, 1.54) is 18.0 Å². The van der Waals surface area contributed by atoms with Gasteiger partial charge in [0.15, 0.2) is 0 Å². The molecule has 1 atom stereocenters. The molecule has 0 saturated heterocycles. The van der Waals surface area contributed by atoms with Crippen molar-refractivity contribution in [3.63, 3.8) is 0 Å². The molecule has 0 aliphatic rings. The highest BCUT2D eigenvalue weighted by atomic mass is 35.5. The fourth-order valence-corrected chi connectivity index (χ4v) is 4.35. The van der Waals surface area contributed by atoms with E-state index >= 15 is 0 Å². The van der Waals surface area contributed by atoms with Crippen LogP contribution in [-0.2, 0) is 0 Å². The number of halogens is 2. The zero-order valence-electron chi connectivity index (χ0n) is 20.1. The molecular weight excluding hydrogens is 467 g/mol. The molecule has 3 aromatic rings. The van der Waals surface area contributed by atoms with Crippen molar-refractivity contribution in [1.82, 2.24) is 4.98 Å². The molecule has 0 fully saturated rings. The number of anilines is 2. The Morgan fingerprint density at radius 1 is 1.12 bits per heavy atom. The van der Waals surface area contributed by atoms with E-state index < -0.39 is 6.10 Å². The Balaban J connectivity index is 1.94. The smallest absolute Gasteiger partial charge is 0.124 e. The molecule has 0 radical (unpaired) electrons. The fraction of sp³-hybridized carbons (Fsp3) is 0.259. The topological polar surface area (TPSA) is 84.0 Å². The second-order valence-corrected chi connectivity index (χ2v) is 9.17. The third-order valence-electron chi connectivity index (χ3n) is 5.75. The molecule has 0 aliphatic heterocycles. The molecule has 2 aromatic carbocycles. The van der Waals surface area contributed by atoms with Gasteiger partial charge in [-0.05, 0) is 69.5 Å². The van der Waals surface area contributed by atoms with Gasteiger partial charge in [0, 0.05) is 34.9 Å². The fourth-order valence-electron chi connectivity index (χ4n) is 3.68. The third-order valence-corrected chi connectivity index (χ3v) is 6.35. The molecule has 0 spiro atoms. The summed E-state index contributed by atoms with van der Waals surface area (Å²) in [6, 6.07) is 11.5. The Kier molecular flexibility index (Phi) is 8.24. The molecule has 1 aromatic heterocycles. The van der Waals surface area contributed by atoms with Crippen LogP contribution >= 0.6 is 23.2 Å². The number of benzene rings is 2. The minimum atomic E-state index is -0.422. The first kappa shape index (κ1) is 25.6. The number of hydrogen-bond acceptors (Lipinski definition) is 5. The summed E-state index contributed by atoms with van der Waals surface area (Å²) in [6.45, 7) is 10.1. The molecule has 5 nitrogen and oxygen atoms in total. The first-order chi connectivity index (χ1) is 16.1. The Hall–Kier alpha value is -3.02. The van der Waals surface area contributed by atoms with Crippen molar-refractivity contribution < 1.29 is 4.74 Å². The Labute approximate surface area is 211 Å². The largest absolute Gasteiger partial charge is 0.486 e. The van der Waals surface area contributed by atoms with Crippen LogP contribution in [0, 0.1) is 19.3 Å².